The van der Waals surface area contributed by atoms with E-state index in [4.69, 9.17) is 0 Å². The van der Waals surface area contributed by atoms with Gasteiger partial charge in [0, 0.05) is 23.9 Å². The first-order valence-electron chi connectivity index (χ1n) is 7.65. The van der Waals surface area contributed by atoms with Crippen molar-refractivity contribution in [1.29, 1.82) is 0 Å². The highest BCUT2D eigenvalue weighted by Crippen LogP contribution is 2.31. The lowest BCUT2D eigenvalue weighted by atomic mass is 9.85. The molecule has 0 aliphatic heterocycles. The van der Waals surface area contributed by atoms with E-state index in [0.29, 0.717) is 0 Å². The number of amides is 1. The molecule has 1 fully saturated rings. The van der Waals surface area contributed by atoms with Crippen molar-refractivity contribution >= 4 is 17.2 Å². The number of fused-ring (bicyclic) bond motifs is 1. The minimum Gasteiger partial charge on any atom is -0.325 e. The molecule has 1 aliphatic rings. The second-order valence-corrected chi connectivity index (χ2v) is 5.75. The Labute approximate surface area is 128 Å². The predicted octanol–water partition coefficient (Wildman–Crippen LogP) is 3.74. The van der Waals surface area contributed by atoms with Crippen LogP contribution in [0.25, 0.3) is 16.9 Å². The zero-order valence-corrected chi connectivity index (χ0v) is 12.2. The third-order valence-electron chi connectivity index (χ3n) is 4.30. The van der Waals surface area contributed by atoms with Crippen molar-refractivity contribution in [3.8, 4) is 11.3 Å². The van der Waals surface area contributed by atoms with Crippen LogP contribution in [0.15, 0.2) is 54.9 Å². The van der Waals surface area contributed by atoms with E-state index in [1.165, 1.54) is 0 Å². The number of hydrogen-bond acceptors (Lipinski definition) is 2. The van der Waals surface area contributed by atoms with Gasteiger partial charge in [0.25, 0.3) is 0 Å². The summed E-state index contributed by atoms with van der Waals surface area (Å²) < 4.78 is 1.99. The van der Waals surface area contributed by atoms with Crippen molar-refractivity contribution in [2.75, 3.05) is 5.32 Å². The number of carbonyl (C=O) groups excluding carboxylic acids is 1. The van der Waals surface area contributed by atoms with Crippen molar-refractivity contribution in [3.05, 3.63) is 54.9 Å². The number of rotatable bonds is 3. The van der Waals surface area contributed by atoms with Crippen LogP contribution < -0.4 is 5.32 Å². The fourth-order valence-corrected chi connectivity index (χ4v) is 2.79. The fraction of sp³-hybridized carbons (Fsp3) is 0.222. The number of anilines is 1. The summed E-state index contributed by atoms with van der Waals surface area (Å²) in [7, 11) is 0. The Morgan fingerprint density at radius 2 is 1.95 bits per heavy atom. The van der Waals surface area contributed by atoms with E-state index < -0.39 is 0 Å². The normalized spacial score (nSPS) is 14.7. The van der Waals surface area contributed by atoms with Gasteiger partial charge in [-0.3, -0.25) is 4.79 Å². The van der Waals surface area contributed by atoms with E-state index in [0.717, 1.165) is 41.9 Å². The zero-order valence-electron chi connectivity index (χ0n) is 12.2. The minimum atomic E-state index is 0.127. The lowest BCUT2D eigenvalue weighted by molar-refractivity contribution is -0.122. The molecule has 22 heavy (non-hydrogen) atoms. The first kappa shape index (κ1) is 13.1. The number of imidazole rings is 1. The maximum Gasteiger partial charge on any atom is 0.227 e. The van der Waals surface area contributed by atoms with Crippen molar-refractivity contribution < 1.29 is 4.79 Å². The molecule has 0 saturated heterocycles. The largest absolute Gasteiger partial charge is 0.325 e. The smallest absolute Gasteiger partial charge is 0.227 e. The molecule has 1 aliphatic carbocycles. The molecule has 2 heterocycles. The highest BCUT2D eigenvalue weighted by atomic mass is 16.1. The Morgan fingerprint density at radius 1 is 1.14 bits per heavy atom. The Bertz CT molecular complexity index is 800. The second kappa shape index (κ2) is 5.30. The molecule has 0 radical (unpaired) electrons. The molecule has 0 unspecified atom stereocenters. The molecule has 4 rings (SSSR count). The average Bonchev–Trinajstić information content (AvgIpc) is 2.89. The SMILES string of the molecule is O=C(Nc1ccccc1-c1cn2ccccc2n1)C1CCC1. The number of para-hydroxylation sites is 1. The molecule has 1 aromatic carbocycles. The second-order valence-electron chi connectivity index (χ2n) is 5.75. The molecule has 1 N–H and O–H groups in total. The fourth-order valence-electron chi connectivity index (χ4n) is 2.79. The Kier molecular flexibility index (Phi) is 3.15. The van der Waals surface area contributed by atoms with Gasteiger partial charge in [-0.15, -0.1) is 0 Å². The molecular formula is C18H17N3O. The first-order chi connectivity index (χ1) is 10.8. The van der Waals surface area contributed by atoms with Crippen LogP contribution in [0.1, 0.15) is 19.3 Å². The molecule has 4 heteroatoms. The number of nitrogens with zero attached hydrogens (tertiary/aromatic N) is 2. The van der Waals surface area contributed by atoms with Gasteiger partial charge >= 0.3 is 0 Å². The predicted molar refractivity (Wildman–Crippen MR) is 86.6 cm³/mol. The maximum absolute atomic E-state index is 12.2. The van der Waals surface area contributed by atoms with Gasteiger partial charge in [0.1, 0.15) is 5.65 Å². The van der Waals surface area contributed by atoms with Gasteiger partial charge in [0.05, 0.1) is 11.4 Å². The van der Waals surface area contributed by atoms with Crippen LogP contribution >= 0.6 is 0 Å². The quantitative estimate of drug-likeness (QED) is 0.799. The summed E-state index contributed by atoms with van der Waals surface area (Å²) in [6, 6.07) is 13.8. The molecule has 1 amide bonds. The Balaban J connectivity index is 1.70. The molecular weight excluding hydrogens is 274 g/mol. The average molecular weight is 291 g/mol. The molecule has 2 aromatic heterocycles. The number of benzene rings is 1. The monoisotopic (exact) mass is 291 g/mol. The van der Waals surface area contributed by atoms with Gasteiger partial charge in [-0.2, -0.15) is 0 Å². The molecule has 110 valence electrons. The van der Waals surface area contributed by atoms with E-state index in [9.17, 15) is 4.79 Å². The third-order valence-corrected chi connectivity index (χ3v) is 4.30. The van der Waals surface area contributed by atoms with Gasteiger partial charge < -0.3 is 9.72 Å². The summed E-state index contributed by atoms with van der Waals surface area (Å²) in [5.74, 6) is 0.302. The van der Waals surface area contributed by atoms with Crippen molar-refractivity contribution in [2.45, 2.75) is 19.3 Å². The molecule has 1 saturated carbocycles. The van der Waals surface area contributed by atoms with Crippen molar-refractivity contribution in [1.82, 2.24) is 9.38 Å². The summed E-state index contributed by atoms with van der Waals surface area (Å²) in [5.41, 5.74) is 3.56. The van der Waals surface area contributed by atoms with Crippen LogP contribution in [-0.4, -0.2) is 15.3 Å². The van der Waals surface area contributed by atoms with Crippen LogP contribution in [0.5, 0.6) is 0 Å². The van der Waals surface area contributed by atoms with E-state index in [-0.39, 0.29) is 11.8 Å². The standard InChI is InChI=1S/C18H17N3O/c22-18(13-6-5-7-13)20-15-9-2-1-8-14(15)16-12-21-11-4-3-10-17(21)19-16/h1-4,8-13H,5-7H2,(H,20,22). The van der Waals surface area contributed by atoms with Crippen molar-refractivity contribution in [3.63, 3.8) is 0 Å². The van der Waals surface area contributed by atoms with E-state index in [2.05, 4.69) is 10.3 Å². The van der Waals surface area contributed by atoms with Gasteiger partial charge in [0.2, 0.25) is 5.91 Å². The van der Waals surface area contributed by atoms with E-state index in [1.807, 2.05) is 59.3 Å². The summed E-state index contributed by atoms with van der Waals surface area (Å²) in [5, 5.41) is 3.07. The number of aromatic nitrogens is 2. The van der Waals surface area contributed by atoms with Crippen LogP contribution in [0, 0.1) is 5.92 Å². The van der Waals surface area contributed by atoms with Gasteiger partial charge in [0.15, 0.2) is 0 Å². The molecule has 0 atom stereocenters. The molecule has 0 bridgehead atoms. The summed E-state index contributed by atoms with van der Waals surface area (Å²) >= 11 is 0. The third kappa shape index (κ3) is 2.26. The number of nitrogens with one attached hydrogen (secondary N) is 1. The topological polar surface area (TPSA) is 46.4 Å². The van der Waals surface area contributed by atoms with E-state index >= 15 is 0 Å². The Morgan fingerprint density at radius 3 is 2.73 bits per heavy atom. The summed E-state index contributed by atoms with van der Waals surface area (Å²) in [6.07, 6.45) is 7.13. The van der Waals surface area contributed by atoms with Crippen LogP contribution in [0.2, 0.25) is 0 Å². The van der Waals surface area contributed by atoms with Gasteiger partial charge in [-0.25, -0.2) is 4.98 Å². The van der Waals surface area contributed by atoms with Crippen LogP contribution in [0.3, 0.4) is 0 Å². The lowest BCUT2D eigenvalue weighted by Gasteiger charge is -2.24. The van der Waals surface area contributed by atoms with Crippen LogP contribution in [0.4, 0.5) is 5.69 Å². The minimum absolute atomic E-state index is 0.127. The van der Waals surface area contributed by atoms with E-state index in [1.54, 1.807) is 0 Å². The molecule has 3 aromatic rings. The Hall–Kier alpha value is -2.62. The highest BCUT2D eigenvalue weighted by Gasteiger charge is 2.25. The summed E-state index contributed by atoms with van der Waals surface area (Å²) in [6.45, 7) is 0. The molecule has 4 nitrogen and oxygen atoms in total. The summed E-state index contributed by atoms with van der Waals surface area (Å²) in [4.78, 5) is 16.9. The van der Waals surface area contributed by atoms with Gasteiger partial charge in [-0.1, -0.05) is 30.7 Å². The number of carbonyl (C=O) groups is 1. The lowest BCUT2D eigenvalue weighted by Crippen LogP contribution is -2.28. The number of pyridine rings is 1. The maximum atomic E-state index is 12.2. The van der Waals surface area contributed by atoms with Gasteiger partial charge in [-0.05, 0) is 31.0 Å². The van der Waals surface area contributed by atoms with Crippen LogP contribution in [-0.2, 0) is 4.79 Å². The zero-order chi connectivity index (χ0) is 14.9. The highest BCUT2D eigenvalue weighted by molar-refractivity contribution is 5.96. The molecule has 0 spiro atoms. The van der Waals surface area contributed by atoms with Crippen molar-refractivity contribution in [2.24, 2.45) is 5.92 Å². The first-order valence-corrected chi connectivity index (χ1v) is 7.65. The number of hydrogen-bond donors (Lipinski definition) is 1.